The average Bonchev–Trinajstić information content (AvgIpc) is 2.43. The van der Waals surface area contributed by atoms with E-state index in [0.717, 1.165) is 17.5 Å². The van der Waals surface area contributed by atoms with Crippen LogP contribution in [0.15, 0.2) is 47.9 Å². The molecule has 0 amide bonds. The first-order chi connectivity index (χ1) is 9.85. The van der Waals surface area contributed by atoms with Crippen molar-refractivity contribution >= 4 is 27.5 Å². The number of benzene rings is 2. The third kappa shape index (κ3) is 4.65. The van der Waals surface area contributed by atoms with Gasteiger partial charge in [0.2, 0.25) is 0 Å². The molecule has 0 N–H and O–H groups in total. The molecule has 0 unspecified atom stereocenters. The molecule has 0 atom stereocenters. The van der Waals surface area contributed by atoms with E-state index in [1.54, 1.807) is 24.3 Å². The highest BCUT2D eigenvalue weighted by Gasteiger charge is 2.08. The zero-order valence-electron chi connectivity index (χ0n) is 10.8. The summed E-state index contributed by atoms with van der Waals surface area (Å²) in [6, 6.07) is 9.62. The Labute approximate surface area is 126 Å². The molecule has 0 aliphatic rings. The van der Waals surface area contributed by atoms with Gasteiger partial charge in [0.1, 0.15) is 0 Å². The summed E-state index contributed by atoms with van der Waals surface area (Å²) >= 11 is 5.72. The molecule has 0 heterocycles. The van der Waals surface area contributed by atoms with Crippen LogP contribution in [0, 0.1) is 11.6 Å². The summed E-state index contributed by atoms with van der Waals surface area (Å²) in [5.74, 6) is -2.19. The minimum absolute atomic E-state index is 0.190. The number of hydrogen-bond acceptors (Lipinski definition) is 2. The van der Waals surface area contributed by atoms with Gasteiger partial charge in [-0.05, 0) is 41.5 Å². The summed E-state index contributed by atoms with van der Waals surface area (Å²) in [7, 11) is -3.51. The molecule has 2 aromatic carbocycles. The third-order valence-electron chi connectivity index (χ3n) is 2.69. The third-order valence-corrected chi connectivity index (χ3v) is 4.23. The predicted molar refractivity (Wildman–Crippen MR) is 79.5 cm³/mol. The minimum atomic E-state index is -3.51. The predicted octanol–water partition coefficient (Wildman–Crippen LogP) is 4.20. The second-order valence-electron chi connectivity index (χ2n) is 4.41. The Bertz CT molecular complexity index is 769. The molecule has 0 radical (unpaired) electrons. The van der Waals surface area contributed by atoms with E-state index in [1.165, 1.54) is 12.1 Å². The van der Waals surface area contributed by atoms with E-state index in [4.69, 9.17) is 11.6 Å². The lowest BCUT2D eigenvalue weighted by Crippen LogP contribution is -1.99. The van der Waals surface area contributed by atoms with Crippen molar-refractivity contribution in [2.45, 2.75) is 5.75 Å². The van der Waals surface area contributed by atoms with Crippen LogP contribution in [-0.2, 0) is 15.6 Å². The van der Waals surface area contributed by atoms with Gasteiger partial charge in [-0.15, -0.1) is 0 Å². The van der Waals surface area contributed by atoms with E-state index in [1.807, 2.05) is 0 Å². The Morgan fingerprint density at radius 3 is 2.29 bits per heavy atom. The molecule has 0 saturated carbocycles. The highest BCUT2D eigenvalue weighted by atomic mass is 35.5. The van der Waals surface area contributed by atoms with Crippen LogP contribution >= 0.6 is 11.6 Å². The van der Waals surface area contributed by atoms with Crippen molar-refractivity contribution in [2.24, 2.45) is 0 Å². The van der Waals surface area contributed by atoms with E-state index >= 15 is 0 Å². The molecule has 2 aromatic rings. The molecule has 0 fully saturated rings. The van der Waals surface area contributed by atoms with Gasteiger partial charge in [0.25, 0.3) is 0 Å². The van der Waals surface area contributed by atoms with Gasteiger partial charge < -0.3 is 0 Å². The lowest BCUT2D eigenvalue weighted by atomic mass is 10.2. The summed E-state index contributed by atoms with van der Waals surface area (Å²) < 4.78 is 49.6. The molecule has 0 aliphatic carbocycles. The monoisotopic (exact) mass is 328 g/mol. The summed E-state index contributed by atoms with van der Waals surface area (Å²) in [5, 5.41) is 1.50. The summed E-state index contributed by atoms with van der Waals surface area (Å²) in [5.41, 5.74) is 0.864. The van der Waals surface area contributed by atoms with Gasteiger partial charge in [0.15, 0.2) is 21.5 Å². The zero-order valence-corrected chi connectivity index (χ0v) is 12.3. The number of sulfone groups is 1. The quantitative estimate of drug-likeness (QED) is 0.842. The molecule has 6 heteroatoms. The van der Waals surface area contributed by atoms with Crippen molar-refractivity contribution in [3.05, 3.63) is 75.7 Å². The maximum Gasteiger partial charge on any atom is 0.175 e. The molecule has 0 aromatic heterocycles. The first-order valence-electron chi connectivity index (χ1n) is 5.96. The van der Waals surface area contributed by atoms with Gasteiger partial charge in [-0.2, -0.15) is 0 Å². The van der Waals surface area contributed by atoms with Crippen molar-refractivity contribution in [1.82, 2.24) is 0 Å². The Balaban J connectivity index is 2.14. The summed E-state index contributed by atoms with van der Waals surface area (Å²) in [6.45, 7) is 0. The number of halogens is 3. The molecule has 110 valence electrons. The lowest BCUT2D eigenvalue weighted by molar-refractivity contribution is 0.508. The van der Waals surface area contributed by atoms with E-state index < -0.39 is 21.5 Å². The Kier molecular flexibility index (Phi) is 4.75. The summed E-state index contributed by atoms with van der Waals surface area (Å²) in [4.78, 5) is 0. The highest BCUT2D eigenvalue weighted by Crippen LogP contribution is 2.15. The minimum Gasteiger partial charge on any atom is -0.224 e. The van der Waals surface area contributed by atoms with E-state index in [2.05, 4.69) is 0 Å². The van der Waals surface area contributed by atoms with Crippen molar-refractivity contribution in [2.75, 3.05) is 0 Å². The molecule has 0 saturated heterocycles. The Morgan fingerprint density at radius 2 is 1.67 bits per heavy atom. The standard InChI is InChI=1S/C15H11ClF2O2S/c16-13-4-1-12(2-5-13)10-21(19,20)8-7-11-3-6-14(17)15(18)9-11/h1-9H,10H2/b8-7+. The van der Waals surface area contributed by atoms with Crippen molar-refractivity contribution in [1.29, 1.82) is 0 Å². The topological polar surface area (TPSA) is 34.1 Å². The lowest BCUT2D eigenvalue weighted by Gasteiger charge is -2.00. The summed E-state index contributed by atoms with van der Waals surface area (Å²) in [6.07, 6.45) is 1.23. The molecule has 0 spiro atoms. The van der Waals surface area contributed by atoms with Crippen LogP contribution in [0.1, 0.15) is 11.1 Å². The van der Waals surface area contributed by atoms with Crippen LogP contribution in [0.5, 0.6) is 0 Å². The highest BCUT2D eigenvalue weighted by molar-refractivity contribution is 7.93. The first kappa shape index (κ1) is 15.7. The van der Waals surface area contributed by atoms with Crippen molar-refractivity contribution in [3.63, 3.8) is 0 Å². The van der Waals surface area contributed by atoms with Crippen LogP contribution in [0.3, 0.4) is 0 Å². The fourth-order valence-corrected chi connectivity index (χ4v) is 2.90. The molecule has 0 bridgehead atoms. The second-order valence-corrected chi connectivity index (χ2v) is 6.73. The van der Waals surface area contributed by atoms with Crippen LogP contribution in [0.4, 0.5) is 8.78 Å². The van der Waals surface area contributed by atoms with E-state index in [9.17, 15) is 17.2 Å². The maximum atomic E-state index is 13.0. The normalized spacial score (nSPS) is 12.0. The number of hydrogen-bond donors (Lipinski definition) is 0. The van der Waals surface area contributed by atoms with Crippen LogP contribution in [0.25, 0.3) is 6.08 Å². The van der Waals surface area contributed by atoms with E-state index in [0.29, 0.717) is 10.6 Å². The largest absolute Gasteiger partial charge is 0.224 e. The smallest absolute Gasteiger partial charge is 0.175 e. The molecular weight excluding hydrogens is 318 g/mol. The van der Waals surface area contributed by atoms with Crippen molar-refractivity contribution < 1.29 is 17.2 Å². The van der Waals surface area contributed by atoms with Gasteiger partial charge in [0, 0.05) is 10.4 Å². The zero-order chi connectivity index (χ0) is 15.5. The van der Waals surface area contributed by atoms with Crippen LogP contribution in [-0.4, -0.2) is 8.42 Å². The van der Waals surface area contributed by atoms with Gasteiger partial charge >= 0.3 is 0 Å². The molecule has 21 heavy (non-hydrogen) atoms. The molecular formula is C15H11ClF2O2S. The average molecular weight is 329 g/mol. The maximum absolute atomic E-state index is 13.0. The fourth-order valence-electron chi connectivity index (χ4n) is 1.66. The Hall–Kier alpha value is -1.72. The fraction of sp³-hybridized carbons (Fsp3) is 0.0667. The molecule has 0 aliphatic heterocycles. The van der Waals surface area contributed by atoms with Crippen LogP contribution in [0.2, 0.25) is 5.02 Å². The first-order valence-corrected chi connectivity index (χ1v) is 8.05. The van der Waals surface area contributed by atoms with Gasteiger partial charge in [-0.25, -0.2) is 17.2 Å². The van der Waals surface area contributed by atoms with Gasteiger partial charge in [-0.3, -0.25) is 0 Å². The number of rotatable bonds is 4. The van der Waals surface area contributed by atoms with Gasteiger partial charge in [0.05, 0.1) is 5.75 Å². The SMILES string of the molecule is O=S(=O)(/C=C/c1ccc(F)c(F)c1)Cc1ccc(Cl)cc1. The van der Waals surface area contributed by atoms with Crippen molar-refractivity contribution in [3.8, 4) is 0 Å². The van der Waals surface area contributed by atoms with E-state index in [-0.39, 0.29) is 11.3 Å². The van der Waals surface area contributed by atoms with Crippen LogP contribution < -0.4 is 0 Å². The van der Waals surface area contributed by atoms with Gasteiger partial charge in [-0.1, -0.05) is 29.8 Å². The Morgan fingerprint density at radius 1 is 1.00 bits per heavy atom. The molecule has 2 nitrogen and oxygen atoms in total. The molecule has 2 rings (SSSR count). The second kappa shape index (κ2) is 6.37.